The lowest BCUT2D eigenvalue weighted by Gasteiger charge is -2.17. The number of halogens is 1. The van der Waals surface area contributed by atoms with Crippen LogP contribution in [-0.2, 0) is 7.05 Å². The first kappa shape index (κ1) is 16.1. The summed E-state index contributed by atoms with van der Waals surface area (Å²) in [6, 6.07) is 9.95. The van der Waals surface area contributed by atoms with Gasteiger partial charge in [-0.05, 0) is 37.1 Å². The van der Waals surface area contributed by atoms with E-state index in [2.05, 4.69) is 26.2 Å². The van der Waals surface area contributed by atoms with Gasteiger partial charge in [0, 0.05) is 48.1 Å². The maximum atomic E-state index is 12.9. The minimum atomic E-state index is 0.0748. The molecule has 1 N–H and O–H groups in total. The van der Waals surface area contributed by atoms with Gasteiger partial charge in [-0.3, -0.25) is 4.79 Å². The number of rotatable bonds is 3. The average Bonchev–Trinajstić information content (AvgIpc) is 3.25. The van der Waals surface area contributed by atoms with Gasteiger partial charge in [0.25, 0.3) is 5.91 Å². The smallest absolute Gasteiger partial charge is 0.257 e. The molecule has 1 saturated heterocycles. The Bertz CT molecular complexity index is 944. The van der Waals surface area contributed by atoms with E-state index in [1.807, 2.05) is 53.0 Å². The normalized spacial score (nSPS) is 14.2. The summed E-state index contributed by atoms with van der Waals surface area (Å²) in [4.78, 5) is 19.3. The number of aryl methyl sites for hydroxylation is 1. The highest BCUT2D eigenvalue weighted by atomic mass is 79.9. The second-order valence-corrected chi connectivity index (χ2v) is 7.26. The predicted octanol–water partition coefficient (Wildman–Crippen LogP) is 4.32. The molecule has 3 aromatic rings. The molecule has 0 atom stereocenters. The molecule has 0 spiro atoms. The number of nitrogens with zero attached hydrogens (tertiary/aromatic N) is 3. The highest BCUT2D eigenvalue weighted by Crippen LogP contribution is 2.29. The number of pyridine rings is 1. The Labute approximate surface area is 154 Å². The summed E-state index contributed by atoms with van der Waals surface area (Å²) in [6.45, 7) is 1.67. The number of amides is 1. The highest BCUT2D eigenvalue weighted by molar-refractivity contribution is 9.10. The molecule has 0 aliphatic carbocycles. The van der Waals surface area contributed by atoms with Gasteiger partial charge in [0.05, 0.1) is 11.1 Å². The maximum Gasteiger partial charge on any atom is 0.257 e. The van der Waals surface area contributed by atoms with Gasteiger partial charge in [-0.1, -0.05) is 22.0 Å². The van der Waals surface area contributed by atoms with E-state index in [-0.39, 0.29) is 5.91 Å². The van der Waals surface area contributed by atoms with Crippen LogP contribution in [0.1, 0.15) is 23.2 Å². The van der Waals surface area contributed by atoms with Crippen molar-refractivity contribution < 1.29 is 4.79 Å². The molecule has 1 aliphatic rings. The van der Waals surface area contributed by atoms with Crippen LogP contribution in [0.15, 0.2) is 47.2 Å². The summed E-state index contributed by atoms with van der Waals surface area (Å²) in [6.07, 6.45) is 5.83. The van der Waals surface area contributed by atoms with Crippen molar-refractivity contribution in [1.29, 1.82) is 0 Å². The first-order valence-corrected chi connectivity index (χ1v) is 9.19. The maximum absolute atomic E-state index is 12.9. The van der Waals surface area contributed by atoms with Crippen LogP contribution in [-0.4, -0.2) is 33.4 Å². The van der Waals surface area contributed by atoms with Gasteiger partial charge in [-0.2, -0.15) is 0 Å². The van der Waals surface area contributed by atoms with Gasteiger partial charge in [0.2, 0.25) is 0 Å². The standard InChI is InChI=1S/C19H19BrN4O/c1-23-10-7-15-17(23)16(19(25)24-8-2-3-9-24)12-21-18(15)22-14-6-4-5-13(20)11-14/h4-7,10-12H,2-3,8-9H2,1H3,(H,21,22). The van der Waals surface area contributed by atoms with Crippen molar-refractivity contribution in [3.8, 4) is 0 Å². The Morgan fingerprint density at radius 2 is 2.04 bits per heavy atom. The molecule has 1 aliphatic heterocycles. The Morgan fingerprint density at radius 1 is 1.24 bits per heavy atom. The van der Waals surface area contributed by atoms with Crippen LogP contribution in [0.25, 0.3) is 10.9 Å². The van der Waals surface area contributed by atoms with Crippen LogP contribution in [0, 0.1) is 0 Å². The minimum Gasteiger partial charge on any atom is -0.350 e. The molecule has 128 valence electrons. The number of nitrogens with one attached hydrogen (secondary N) is 1. The molecule has 0 saturated carbocycles. The molecular weight excluding hydrogens is 380 g/mol. The van der Waals surface area contributed by atoms with Crippen LogP contribution in [0.3, 0.4) is 0 Å². The van der Waals surface area contributed by atoms with Gasteiger partial charge in [-0.15, -0.1) is 0 Å². The van der Waals surface area contributed by atoms with E-state index in [0.717, 1.165) is 52.8 Å². The van der Waals surface area contributed by atoms with Crippen LogP contribution < -0.4 is 5.32 Å². The molecule has 1 amide bonds. The number of aromatic nitrogens is 2. The minimum absolute atomic E-state index is 0.0748. The zero-order valence-corrected chi connectivity index (χ0v) is 15.6. The fraction of sp³-hybridized carbons (Fsp3) is 0.263. The lowest BCUT2D eigenvalue weighted by atomic mass is 10.1. The molecule has 0 radical (unpaired) electrons. The Morgan fingerprint density at radius 3 is 2.80 bits per heavy atom. The molecule has 4 rings (SSSR count). The first-order valence-electron chi connectivity index (χ1n) is 8.39. The van der Waals surface area contributed by atoms with Crippen molar-refractivity contribution >= 4 is 44.2 Å². The van der Waals surface area contributed by atoms with Gasteiger partial charge < -0.3 is 14.8 Å². The van der Waals surface area contributed by atoms with Gasteiger partial charge in [0.1, 0.15) is 5.82 Å². The average molecular weight is 399 g/mol. The number of hydrogen-bond acceptors (Lipinski definition) is 3. The number of benzene rings is 1. The van der Waals surface area contributed by atoms with Crippen LogP contribution in [0.5, 0.6) is 0 Å². The van der Waals surface area contributed by atoms with E-state index in [1.165, 1.54) is 0 Å². The van der Waals surface area contributed by atoms with Gasteiger partial charge in [0.15, 0.2) is 0 Å². The van der Waals surface area contributed by atoms with E-state index in [0.29, 0.717) is 5.56 Å². The Balaban J connectivity index is 1.76. The van der Waals surface area contributed by atoms with Gasteiger partial charge in [-0.25, -0.2) is 4.98 Å². The summed E-state index contributed by atoms with van der Waals surface area (Å²) < 4.78 is 2.99. The summed E-state index contributed by atoms with van der Waals surface area (Å²) in [5, 5.41) is 4.31. The van der Waals surface area contributed by atoms with Crippen molar-refractivity contribution in [2.24, 2.45) is 7.05 Å². The quantitative estimate of drug-likeness (QED) is 0.714. The molecular formula is C19H19BrN4O. The molecule has 3 heterocycles. The molecule has 0 unspecified atom stereocenters. The summed E-state index contributed by atoms with van der Waals surface area (Å²) in [7, 11) is 1.96. The topological polar surface area (TPSA) is 50.2 Å². The van der Waals surface area contributed by atoms with E-state index in [9.17, 15) is 4.79 Å². The number of anilines is 2. The Kier molecular flexibility index (Phi) is 4.21. The summed E-state index contributed by atoms with van der Waals surface area (Å²) in [5.41, 5.74) is 2.54. The highest BCUT2D eigenvalue weighted by Gasteiger charge is 2.23. The molecule has 25 heavy (non-hydrogen) atoms. The molecule has 1 aromatic carbocycles. The predicted molar refractivity (Wildman–Crippen MR) is 103 cm³/mol. The number of carbonyl (C=O) groups excluding carboxylic acids is 1. The van der Waals surface area contributed by atoms with Crippen molar-refractivity contribution in [2.45, 2.75) is 12.8 Å². The Hall–Kier alpha value is -2.34. The molecule has 5 nitrogen and oxygen atoms in total. The number of fused-ring (bicyclic) bond motifs is 1. The third kappa shape index (κ3) is 3.02. The molecule has 1 fully saturated rings. The SMILES string of the molecule is Cn1ccc2c(Nc3cccc(Br)c3)ncc(C(=O)N3CCCC3)c21. The van der Waals surface area contributed by atoms with Crippen molar-refractivity contribution in [2.75, 3.05) is 18.4 Å². The number of likely N-dealkylation sites (tertiary alicyclic amines) is 1. The van der Waals surface area contributed by atoms with E-state index in [1.54, 1.807) is 6.20 Å². The summed E-state index contributed by atoms with van der Waals surface area (Å²) in [5.74, 6) is 0.831. The van der Waals surface area contributed by atoms with Crippen LogP contribution >= 0.6 is 15.9 Å². The van der Waals surface area contributed by atoms with Crippen LogP contribution in [0.2, 0.25) is 0 Å². The molecule has 6 heteroatoms. The van der Waals surface area contributed by atoms with Crippen molar-refractivity contribution in [3.63, 3.8) is 0 Å². The van der Waals surface area contributed by atoms with Crippen LogP contribution in [0.4, 0.5) is 11.5 Å². The second kappa shape index (κ2) is 6.52. The number of hydrogen-bond donors (Lipinski definition) is 1. The van der Waals surface area contributed by atoms with E-state index in [4.69, 9.17) is 0 Å². The van der Waals surface area contributed by atoms with E-state index < -0.39 is 0 Å². The monoisotopic (exact) mass is 398 g/mol. The van der Waals surface area contributed by atoms with E-state index >= 15 is 0 Å². The lowest BCUT2D eigenvalue weighted by Crippen LogP contribution is -2.28. The third-order valence-corrected chi connectivity index (χ3v) is 5.11. The van der Waals surface area contributed by atoms with Crippen molar-refractivity contribution in [3.05, 3.63) is 52.8 Å². The second-order valence-electron chi connectivity index (χ2n) is 6.34. The number of carbonyl (C=O) groups is 1. The largest absolute Gasteiger partial charge is 0.350 e. The molecule has 2 aromatic heterocycles. The zero-order chi connectivity index (χ0) is 17.4. The fourth-order valence-corrected chi connectivity index (χ4v) is 3.76. The first-order chi connectivity index (χ1) is 12.1. The fourth-order valence-electron chi connectivity index (χ4n) is 3.37. The zero-order valence-electron chi connectivity index (χ0n) is 14.0. The van der Waals surface area contributed by atoms with Crippen molar-refractivity contribution in [1.82, 2.24) is 14.5 Å². The van der Waals surface area contributed by atoms with Gasteiger partial charge >= 0.3 is 0 Å². The summed E-state index contributed by atoms with van der Waals surface area (Å²) >= 11 is 3.48. The lowest BCUT2D eigenvalue weighted by molar-refractivity contribution is 0.0794. The third-order valence-electron chi connectivity index (χ3n) is 4.62. The molecule has 0 bridgehead atoms.